The molecule has 0 saturated heterocycles. The second-order valence-corrected chi connectivity index (χ2v) is 4.63. The second kappa shape index (κ2) is 7.17. The average Bonchev–Trinajstić information content (AvgIpc) is 2.37. The van der Waals surface area contributed by atoms with E-state index in [-0.39, 0.29) is 12.5 Å². The lowest BCUT2D eigenvalue weighted by Crippen LogP contribution is -2.11. The van der Waals surface area contributed by atoms with Crippen molar-refractivity contribution < 1.29 is 9.90 Å². The van der Waals surface area contributed by atoms with Crippen LogP contribution in [0.2, 0.25) is 0 Å². The average molecular weight is 249 g/mol. The number of carbonyl (C=O) groups is 1. The van der Waals surface area contributed by atoms with E-state index < -0.39 is 5.97 Å². The van der Waals surface area contributed by atoms with Gasteiger partial charge in [-0.05, 0) is 42.4 Å². The highest BCUT2D eigenvalue weighted by molar-refractivity contribution is 5.66. The zero-order valence-corrected chi connectivity index (χ0v) is 11.3. The molecule has 18 heavy (non-hydrogen) atoms. The Bertz CT molecular complexity index is 401. The van der Waals surface area contributed by atoms with Crippen molar-refractivity contribution in [2.24, 2.45) is 5.73 Å². The summed E-state index contributed by atoms with van der Waals surface area (Å²) in [5, 5.41) is 8.61. The minimum Gasteiger partial charge on any atom is -0.481 e. The van der Waals surface area contributed by atoms with E-state index in [2.05, 4.69) is 32.0 Å². The van der Waals surface area contributed by atoms with Crippen molar-refractivity contribution in [2.45, 2.75) is 52.0 Å². The van der Waals surface area contributed by atoms with Crippen LogP contribution in [0.4, 0.5) is 0 Å². The number of nitrogens with two attached hydrogens (primary N) is 1. The quantitative estimate of drug-likeness (QED) is 0.780. The maximum atomic E-state index is 10.5. The third kappa shape index (κ3) is 4.15. The molecular weight excluding hydrogens is 226 g/mol. The molecule has 0 amide bonds. The van der Waals surface area contributed by atoms with Crippen LogP contribution in [-0.2, 0) is 17.6 Å². The fourth-order valence-electron chi connectivity index (χ4n) is 2.19. The minimum absolute atomic E-state index is 0.0550. The summed E-state index contributed by atoms with van der Waals surface area (Å²) in [6.45, 7) is 4.30. The summed E-state index contributed by atoms with van der Waals surface area (Å²) in [6, 6.07) is 6.33. The summed E-state index contributed by atoms with van der Waals surface area (Å²) >= 11 is 0. The molecule has 3 heteroatoms. The van der Waals surface area contributed by atoms with Crippen LogP contribution in [0.5, 0.6) is 0 Å². The smallest absolute Gasteiger partial charge is 0.303 e. The van der Waals surface area contributed by atoms with Gasteiger partial charge in [0.25, 0.3) is 0 Å². The summed E-state index contributed by atoms with van der Waals surface area (Å²) in [5.41, 5.74) is 9.95. The molecule has 0 fully saturated rings. The number of hydrogen-bond acceptors (Lipinski definition) is 2. The van der Waals surface area contributed by atoms with Crippen LogP contribution in [-0.4, -0.2) is 11.1 Å². The Morgan fingerprint density at radius 1 is 1.28 bits per heavy atom. The molecule has 0 aliphatic carbocycles. The molecule has 1 unspecified atom stereocenters. The van der Waals surface area contributed by atoms with Crippen LogP contribution >= 0.6 is 0 Å². The van der Waals surface area contributed by atoms with Gasteiger partial charge in [0.05, 0.1) is 0 Å². The molecule has 3 N–H and O–H groups in total. The van der Waals surface area contributed by atoms with Crippen molar-refractivity contribution >= 4 is 5.97 Å². The number of rotatable bonds is 7. The lowest BCUT2D eigenvalue weighted by atomic mass is 9.95. The number of carboxylic acid groups (broad SMARTS) is 1. The van der Waals surface area contributed by atoms with Crippen molar-refractivity contribution in [3.63, 3.8) is 0 Å². The van der Waals surface area contributed by atoms with Crippen molar-refractivity contribution in [3.05, 3.63) is 34.9 Å². The number of benzene rings is 1. The van der Waals surface area contributed by atoms with Gasteiger partial charge in [-0.2, -0.15) is 0 Å². The van der Waals surface area contributed by atoms with E-state index in [9.17, 15) is 4.79 Å². The molecule has 0 radical (unpaired) electrons. The maximum Gasteiger partial charge on any atom is 0.303 e. The van der Waals surface area contributed by atoms with Crippen LogP contribution in [0.3, 0.4) is 0 Å². The van der Waals surface area contributed by atoms with Gasteiger partial charge >= 0.3 is 5.97 Å². The number of hydrogen-bond donors (Lipinski definition) is 2. The predicted octanol–water partition coefficient (Wildman–Crippen LogP) is 3.07. The Balaban J connectivity index is 2.67. The number of aryl methyl sites for hydroxylation is 2. The van der Waals surface area contributed by atoms with E-state index in [4.69, 9.17) is 10.8 Å². The topological polar surface area (TPSA) is 63.3 Å². The highest BCUT2D eigenvalue weighted by Gasteiger charge is 2.09. The highest BCUT2D eigenvalue weighted by atomic mass is 16.4. The highest BCUT2D eigenvalue weighted by Crippen LogP contribution is 2.21. The molecule has 0 aliphatic heterocycles. The molecule has 0 spiro atoms. The molecule has 0 aliphatic rings. The largest absolute Gasteiger partial charge is 0.481 e. The van der Waals surface area contributed by atoms with Gasteiger partial charge in [0.15, 0.2) is 0 Å². The first kappa shape index (κ1) is 14.7. The van der Waals surface area contributed by atoms with Crippen LogP contribution in [0.1, 0.15) is 55.8 Å². The first-order chi connectivity index (χ1) is 8.58. The van der Waals surface area contributed by atoms with E-state index in [1.54, 1.807) is 0 Å². The van der Waals surface area contributed by atoms with Gasteiger partial charge in [0.1, 0.15) is 0 Å². The molecule has 1 atom stereocenters. The van der Waals surface area contributed by atoms with E-state index in [0.717, 1.165) is 24.8 Å². The van der Waals surface area contributed by atoms with Crippen LogP contribution in [0, 0.1) is 0 Å². The molecule has 0 heterocycles. The lowest BCUT2D eigenvalue weighted by Gasteiger charge is -2.14. The predicted molar refractivity (Wildman–Crippen MR) is 73.6 cm³/mol. The molecule has 0 aromatic heterocycles. The van der Waals surface area contributed by atoms with Crippen LogP contribution in [0.15, 0.2) is 18.2 Å². The Kier molecular flexibility index (Phi) is 5.86. The fourth-order valence-corrected chi connectivity index (χ4v) is 2.19. The number of aliphatic carboxylic acids is 1. The Hall–Kier alpha value is -1.35. The minimum atomic E-state index is -0.752. The maximum absolute atomic E-state index is 10.5. The third-order valence-electron chi connectivity index (χ3n) is 3.33. The van der Waals surface area contributed by atoms with E-state index in [1.807, 2.05) is 0 Å². The van der Waals surface area contributed by atoms with Gasteiger partial charge in [-0.1, -0.05) is 32.0 Å². The molecule has 100 valence electrons. The van der Waals surface area contributed by atoms with Crippen LogP contribution in [0.25, 0.3) is 0 Å². The molecule has 1 rings (SSSR count). The van der Waals surface area contributed by atoms with Crippen molar-refractivity contribution in [3.8, 4) is 0 Å². The Morgan fingerprint density at radius 3 is 2.50 bits per heavy atom. The summed E-state index contributed by atoms with van der Waals surface area (Å²) < 4.78 is 0. The van der Waals surface area contributed by atoms with E-state index in [1.165, 1.54) is 11.1 Å². The second-order valence-electron chi connectivity index (χ2n) is 4.63. The van der Waals surface area contributed by atoms with Gasteiger partial charge in [0.2, 0.25) is 0 Å². The third-order valence-corrected chi connectivity index (χ3v) is 3.33. The van der Waals surface area contributed by atoms with E-state index >= 15 is 0 Å². The fraction of sp³-hybridized carbons (Fsp3) is 0.533. The lowest BCUT2D eigenvalue weighted by molar-refractivity contribution is -0.137. The van der Waals surface area contributed by atoms with Gasteiger partial charge in [0, 0.05) is 12.5 Å². The standard InChI is InChI=1S/C15H23NO2/c1-3-11-8-9-13(10-12(11)4-2)14(16)6-5-7-15(17)18/h8-10,14H,3-7,16H2,1-2H3,(H,17,18). The van der Waals surface area contributed by atoms with Crippen molar-refractivity contribution in [2.75, 3.05) is 0 Å². The molecule has 3 nitrogen and oxygen atoms in total. The summed E-state index contributed by atoms with van der Waals surface area (Å²) in [7, 11) is 0. The Labute approximate surface area is 109 Å². The molecular formula is C15H23NO2. The normalized spacial score (nSPS) is 12.4. The monoisotopic (exact) mass is 249 g/mol. The van der Waals surface area contributed by atoms with Gasteiger partial charge in [-0.15, -0.1) is 0 Å². The molecule has 0 bridgehead atoms. The molecule has 1 aromatic carbocycles. The summed E-state index contributed by atoms with van der Waals surface area (Å²) in [4.78, 5) is 10.5. The van der Waals surface area contributed by atoms with E-state index in [0.29, 0.717) is 6.42 Å². The summed E-state index contributed by atoms with van der Waals surface area (Å²) in [6.07, 6.45) is 3.60. The first-order valence-electron chi connectivity index (χ1n) is 6.67. The van der Waals surface area contributed by atoms with Gasteiger partial charge in [-0.25, -0.2) is 0 Å². The Morgan fingerprint density at radius 2 is 1.94 bits per heavy atom. The van der Waals surface area contributed by atoms with Crippen molar-refractivity contribution in [1.29, 1.82) is 0 Å². The molecule has 1 aromatic rings. The number of carboxylic acids is 1. The molecule has 0 saturated carbocycles. The van der Waals surface area contributed by atoms with Crippen LogP contribution < -0.4 is 5.73 Å². The summed E-state index contributed by atoms with van der Waals surface area (Å²) in [5.74, 6) is -0.752. The van der Waals surface area contributed by atoms with Gasteiger partial charge < -0.3 is 10.8 Å². The zero-order valence-electron chi connectivity index (χ0n) is 11.3. The SMILES string of the molecule is CCc1ccc(C(N)CCCC(=O)O)cc1CC. The van der Waals surface area contributed by atoms with Gasteiger partial charge in [-0.3, -0.25) is 4.79 Å². The zero-order chi connectivity index (χ0) is 13.5. The van der Waals surface area contributed by atoms with Crippen molar-refractivity contribution in [1.82, 2.24) is 0 Å². The first-order valence-corrected chi connectivity index (χ1v) is 6.67.